The van der Waals surface area contributed by atoms with Gasteiger partial charge in [-0.2, -0.15) is 0 Å². The normalized spacial score (nSPS) is 10.4. The van der Waals surface area contributed by atoms with Crippen molar-refractivity contribution in [2.75, 3.05) is 0 Å². The average molecular weight is 264 g/mol. The summed E-state index contributed by atoms with van der Waals surface area (Å²) in [6, 6.07) is 16.7. The lowest BCUT2D eigenvalue weighted by Crippen LogP contribution is -2.21. The largest absolute Gasteiger partial charge is 0.365 e. The molecule has 4 nitrogen and oxygen atoms in total. The third-order valence-corrected chi connectivity index (χ3v) is 2.98. The Bertz CT molecular complexity index is 775. The van der Waals surface area contributed by atoms with E-state index in [-0.39, 0.29) is 0 Å². The molecular weight excluding hydrogens is 252 g/mol. The molecule has 3 aromatic rings. The zero-order chi connectivity index (χ0) is 13.9. The molecule has 0 spiro atoms. The number of aromatic nitrogens is 2. The van der Waals surface area contributed by atoms with Crippen LogP contribution >= 0.6 is 0 Å². The molecule has 2 aromatic carbocycles. The predicted octanol–water partition coefficient (Wildman–Crippen LogP) is 2.70. The van der Waals surface area contributed by atoms with Crippen LogP contribution in [0.1, 0.15) is 5.56 Å². The number of hydrogen-bond acceptors (Lipinski definition) is 3. The van der Waals surface area contributed by atoms with Gasteiger partial charge in [-0.25, -0.2) is 4.79 Å². The molecule has 0 radical (unpaired) electrons. The highest BCUT2D eigenvalue weighted by atomic mass is 16.7. The Morgan fingerprint density at radius 1 is 1.05 bits per heavy atom. The molecule has 3 rings (SSSR count). The van der Waals surface area contributed by atoms with Crippen LogP contribution in [0.15, 0.2) is 67.4 Å². The van der Waals surface area contributed by atoms with Crippen molar-refractivity contribution >= 4 is 22.4 Å². The first kappa shape index (κ1) is 12.2. The van der Waals surface area contributed by atoms with Crippen LogP contribution in [0.25, 0.3) is 16.5 Å². The number of carbonyl (C=O) groups excluding carboxylic acids is 1. The van der Waals surface area contributed by atoms with E-state index in [9.17, 15) is 4.79 Å². The Kier molecular flexibility index (Phi) is 3.05. The molecule has 20 heavy (non-hydrogen) atoms. The fraction of sp³-hybridized carbons (Fsp3) is 0. The maximum atomic E-state index is 12.1. The van der Waals surface area contributed by atoms with Gasteiger partial charge in [0.25, 0.3) is 0 Å². The van der Waals surface area contributed by atoms with Crippen molar-refractivity contribution in [1.29, 1.82) is 0 Å². The zero-order valence-electron chi connectivity index (χ0n) is 10.7. The summed E-state index contributed by atoms with van der Waals surface area (Å²) in [5, 5.41) is 4.95. The van der Waals surface area contributed by atoms with E-state index < -0.39 is 5.97 Å². The van der Waals surface area contributed by atoms with Crippen molar-refractivity contribution in [2.45, 2.75) is 0 Å². The van der Waals surface area contributed by atoms with Crippen LogP contribution in [0.4, 0.5) is 0 Å². The molecule has 0 aliphatic carbocycles. The van der Waals surface area contributed by atoms with Gasteiger partial charge in [0.1, 0.15) is 5.52 Å². The standard InChI is InChI=1S/C16H12N2O2/c1-12(13-7-3-2-4-8-13)16(19)20-18-15-10-6-5-9-14(15)11-17-18/h2-11H,1H2. The summed E-state index contributed by atoms with van der Waals surface area (Å²) in [7, 11) is 0. The molecule has 0 N–H and O–H groups in total. The van der Waals surface area contributed by atoms with Crippen molar-refractivity contribution in [3.63, 3.8) is 0 Å². The molecule has 0 aliphatic heterocycles. The summed E-state index contributed by atoms with van der Waals surface area (Å²) in [4.78, 5) is 18.5. The van der Waals surface area contributed by atoms with E-state index in [1.165, 1.54) is 4.85 Å². The molecule has 1 heterocycles. The zero-order valence-corrected chi connectivity index (χ0v) is 10.7. The second-order valence-electron chi connectivity index (χ2n) is 4.30. The minimum atomic E-state index is -0.523. The minimum absolute atomic E-state index is 0.296. The van der Waals surface area contributed by atoms with Crippen molar-refractivity contribution in [1.82, 2.24) is 9.94 Å². The second kappa shape index (κ2) is 5.01. The third kappa shape index (κ3) is 2.19. The topological polar surface area (TPSA) is 44.1 Å². The second-order valence-corrected chi connectivity index (χ2v) is 4.30. The van der Waals surface area contributed by atoms with Crippen LogP contribution in [0.5, 0.6) is 0 Å². The lowest BCUT2D eigenvalue weighted by molar-refractivity contribution is -0.138. The van der Waals surface area contributed by atoms with E-state index >= 15 is 0 Å². The monoisotopic (exact) mass is 264 g/mol. The molecule has 0 saturated heterocycles. The number of para-hydroxylation sites is 1. The van der Waals surface area contributed by atoms with Gasteiger partial charge >= 0.3 is 5.97 Å². The lowest BCUT2D eigenvalue weighted by atomic mass is 10.1. The van der Waals surface area contributed by atoms with Crippen LogP contribution in [-0.2, 0) is 4.79 Å². The van der Waals surface area contributed by atoms with Crippen LogP contribution < -0.4 is 4.84 Å². The minimum Gasteiger partial charge on any atom is -0.313 e. The van der Waals surface area contributed by atoms with Crippen LogP contribution in [0, 0.1) is 0 Å². The Morgan fingerprint density at radius 2 is 1.75 bits per heavy atom. The van der Waals surface area contributed by atoms with E-state index in [0.29, 0.717) is 5.57 Å². The van der Waals surface area contributed by atoms with Gasteiger partial charge in [0.2, 0.25) is 0 Å². The third-order valence-electron chi connectivity index (χ3n) is 2.98. The summed E-state index contributed by atoms with van der Waals surface area (Å²) in [5.74, 6) is -0.523. The smallest absolute Gasteiger partial charge is 0.313 e. The van der Waals surface area contributed by atoms with Crippen molar-refractivity contribution < 1.29 is 9.63 Å². The molecule has 0 saturated carbocycles. The highest BCUT2D eigenvalue weighted by molar-refractivity contribution is 6.15. The van der Waals surface area contributed by atoms with Gasteiger partial charge in [0, 0.05) is 5.39 Å². The van der Waals surface area contributed by atoms with E-state index in [1.54, 1.807) is 6.20 Å². The molecule has 0 aliphatic rings. The predicted molar refractivity (Wildman–Crippen MR) is 76.8 cm³/mol. The van der Waals surface area contributed by atoms with E-state index in [2.05, 4.69) is 11.7 Å². The van der Waals surface area contributed by atoms with Gasteiger partial charge in [-0.15, -0.1) is 5.10 Å². The molecule has 4 heteroatoms. The molecule has 0 amide bonds. The van der Waals surface area contributed by atoms with Crippen LogP contribution in [0.2, 0.25) is 0 Å². The number of rotatable bonds is 3. The van der Waals surface area contributed by atoms with Crippen molar-refractivity contribution in [3.8, 4) is 0 Å². The maximum Gasteiger partial charge on any atom is 0.365 e. The first-order chi connectivity index (χ1) is 9.75. The number of benzene rings is 2. The number of fused-ring (bicyclic) bond motifs is 1. The first-order valence-electron chi connectivity index (χ1n) is 6.15. The SMILES string of the molecule is C=C(C(=O)On1ncc2ccccc21)c1ccccc1. The quantitative estimate of drug-likeness (QED) is 0.683. The first-order valence-corrected chi connectivity index (χ1v) is 6.15. The van der Waals surface area contributed by atoms with E-state index in [1.807, 2.05) is 54.6 Å². The highest BCUT2D eigenvalue weighted by Crippen LogP contribution is 2.14. The fourth-order valence-electron chi connectivity index (χ4n) is 1.91. The van der Waals surface area contributed by atoms with Gasteiger partial charge < -0.3 is 4.84 Å². The average Bonchev–Trinajstić information content (AvgIpc) is 2.91. The Labute approximate surface area is 115 Å². The highest BCUT2D eigenvalue weighted by Gasteiger charge is 2.13. The Hall–Kier alpha value is -2.88. The van der Waals surface area contributed by atoms with Crippen LogP contribution in [-0.4, -0.2) is 15.9 Å². The van der Waals surface area contributed by atoms with E-state index in [0.717, 1.165) is 16.5 Å². The van der Waals surface area contributed by atoms with Gasteiger partial charge in [-0.1, -0.05) is 60.0 Å². The molecule has 0 atom stereocenters. The summed E-state index contributed by atoms with van der Waals surface area (Å²) < 4.78 is 0. The molecule has 0 fully saturated rings. The number of hydrogen-bond donors (Lipinski definition) is 0. The van der Waals surface area contributed by atoms with Gasteiger partial charge in [-0.05, 0) is 11.6 Å². The molecule has 0 unspecified atom stereocenters. The molecule has 98 valence electrons. The molecule has 0 bridgehead atoms. The maximum absolute atomic E-state index is 12.1. The van der Waals surface area contributed by atoms with Crippen molar-refractivity contribution in [2.24, 2.45) is 0 Å². The van der Waals surface area contributed by atoms with Gasteiger partial charge in [0.15, 0.2) is 0 Å². The van der Waals surface area contributed by atoms with Gasteiger partial charge in [-0.3, -0.25) is 0 Å². The van der Waals surface area contributed by atoms with E-state index in [4.69, 9.17) is 4.84 Å². The summed E-state index contributed by atoms with van der Waals surface area (Å²) >= 11 is 0. The Morgan fingerprint density at radius 3 is 2.55 bits per heavy atom. The molecule has 1 aromatic heterocycles. The van der Waals surface area contributed by atoms with Crippen LogP contribution in [0.3, 0.4) is 0 Å². The lowest BCUT2D eigenvalue weighted by Gasteiger charge is -2.06. The molecular formula is C16H12N2O2. The summed E-state index contributed by atoms with van der Waals surface area (Å²) in [6.45, 7) is 3.77. The summed E-state index contributed by atoms with van der Waals surface area (Å²) in [6.07, 6.45) is 1.65. The fourth-order valence-corrected chi connectivity index (χ4v) is 1.91. The summed E-state index contributed by atoms with van der Waals surface area (Å²) in [5.41, 5.74) is 1.76. The number of nitrogens with zero attached hydrogens (tertiary/aromatic N) is 2. The number of carbonyl (C=O) groups is 1. The van der Waals surface area contributed by atoms with Crippen molar-refractivity contribution in [3.05, 3.63) is 72.9 Å². The van der Waals surface area contributed by atoms with Gasteiger partial charge in [0.05, 0.1) is 11.8 Å². The Balaban J connectivity index is 1.84.